The van der Waals surface area contributed by atoms with Crippen molar-refractivity contribution in [2.45, 2.75) is 38.5 Å². The summed E-state index contributed by atoms with van der Waals surface area (Å²) in [6.07, 6.45) is 0. The molecule has 8 aromatic rings. The minimum absolute atomic E-state index is 0.00570. The van der Waals surface area contributed by atoms with Gasteiger partial charge in [0.25, 0.3) is 0 Å². The standard InChI is InChI=1S/C52H41N/c1-51(2)44-23-13-10-21-41(44)43-32-36(28-31-46(43)51)34-26-29-38(30-27-34)53(47-25-15-12-19-39(47)35-16-6-5-7-17-35)48-33-37-18-8-9-20-40(37)50-49(48)42-22-11-14-24-45(42)52(50,3)4/h5-33H,1-4H3. The summed E-state index contributed by atoms with van der Waals surface area (Å²) in [6, 6.07) is 65.2. The van der Waals surface area contributed by atoms with Crippen molar-refractivity contribution in [2.24, 2.45) is 0 Å². The van der Waals surface area contributed by atoms with Crippen molar-refractivity contribution in [1.82, 2.24) is 0 Å². The SMILES string of the molecule is CC1(C)c2ccccc2-c2cc(-c3ccc(N(c4ccccc4-c4ccccc4)c4cc5ccccc5c5c4-c4ccccc4C5(C)C)cc3)ccc21. The lowest BCUT2D eigenvalue weighted by Gasteiger charge is -2.31. The fraction of sp³-hybridized carbons (Fsp3) is 0.115. The molecule has 0 bridgehead atoms. The van der Waals surface area contributed by atoms with Crippen LogP contribution in [0.1, 0.15) is 49.9 Å². The molecular weight excluding hydrogens is 639 g/mol. The van der Waals surface area contributed by atoms with Gasteiger partial charge < -0.3 is 4.90 Å². The zero-order chi connectivity index (χ0) is 35.9. The zero-order valence-electron chi connectivity index (χ0n) is 30.7. The summed E-state index contributed by atoms with van der Waals surface area (Å²) in [5.41, 5.74) is 19.1. The Labute approximate surface area is 312 Å². The molecule has 0 fully saturated rings. The van der Waals surface area contributed by atoms with E-state index < -0.39 is 0 Å². The molecular formula is C52H41N. The summed E-state index contributed by atoms with van der Waals surface area (Å²) in [5.74, 6) is 0. The van der Waals surface area contributed by atoms with E-state index in [9.17, 15) is 0 Å². The highest BCUT2D eigenvalue weighted by Gasteiger charge is 2.40. The number of fused-ring (bicyclic) bond motifs is 8. The van der Waals surface area contributed by atoms with Gasteiger partial charge in [0.15, 0.2) is 0 Å². The second kappa shape index (κ2) is 11.7. The molecule has 53 heavy (non-hydrogen) atoms. The Morgan fingerprint density at radius 2 is 0.962 bits per heavy atom. The van der Waals surface area contributed by atoms with Crippen LogP contribution in [-0.2, 0) is 10.8 Å². The zero-order valence-corrected chi connectivity index (χ0v) is 30.7. The van der Waals surface area contributed by atoms with Gasteiger partial charge in [-0.1, -0.05) is 173 Å². The van der Waals surface area contributed by atoms with Crippen LogP contribution < -0.4 is 4.90 Å². The quantitative estimate of drug-likeness (QED) is 0.175. The van der Waals surface area contributed by atoms with E-state index in [1.54, 1.807) is 0 Å². The molecule has 0 saturated carbocycles. The number of hydrogen-bond donors (Lipinski definition) is 0. The number of hydrogen-bond acceptors (Lipinski definition) is 1. The van der Waals surface area contributed by atoms with Gasteiger partial charge in [-0.2, -0.15) is 0 Å². The second-order valence-electron chi connectivity index (χ2n) is 15.7. The lowest BCUT2D eigenvalue weighted by atomic mass is 9.80. The van der Waals surface area contributed by atoms with E-state index >= 15 is 0 Å². The van der Waals surface area contributed by atoms with Gasteiger partial charge in [-0.3, -0.25) is 0 Å². The summed E-state index contributed by atoms with van der Waals surface area (Å²) >= 11 is 0. The molecule has 0 N–H and O–H groups in total. The van der Waals surface area contributed by atoms with Gasteiger partial charge in [0.1, 0.15) is 0 Å². The van der Waals surface area contributed by atoms with Crippen molar-refractivity contribution in [1.29, 1.82) is 0 Å². The first-order valence-electron chi connectivity index (χ1n) is 18.8. The Morgan fingerprint density at radius 3 is 1.74 bits per heavy atom. The van der Waals surface area contributed by atoms with E-state index in [-0.39, 0.29) is 10.8 Å². The molecule has 10 rings (SSSR count). The largest absolute Gasteiger partial charge is 0.309 e. The maximum Gasteiger partial charge on any atom is 0.0549 e. The molecule has 0 aromatic heterocycles. The normalized spacial score (nSPS) is 14.3. The van der Waals surface area contributed by atoms with Gasteiger partial charge in [0.2, 0.25) is 0 Å². The molecule has 0 aliphatic heterocycles. The average molecular weight is 680 g/mol. The molecule has 0 saturated heterocycles. The highest BCUT2D eigenvalue weighted by atomic mass is 15.1. The van der Waals surface area contributed by atoms with Crippen LogP contribution in [0.4, 0.5) is 17.1 Å². The number of nitrogens with zero attached hydrogens (tertiary/aromatic N) is 1. The molecule has 0 heterocycles. The smallest absolute Gasteiger partial charge is 0.0549 e. The van der Waals surface area contributed by atoms with Crippen molar-refractivity contribution < 1.29 is 0 Å². The van der Waals surface area contributed by atoms with Gasteiger partial charge in [-0.25, -0.2) is 0 Å². The third-order valence-corrected chi connectivity index (χ3v) is 12.0. The van der Waals surface area contributed by atoms with Crippen LogP contribution in [0.15, 0.2) is 176 Å². The summed E-state index contributed by atoms with van der Waals surface area (Å²) in [7, 11) is 0. The summed E-state index contributed by atoms with van der Waals surface area (Å²) < 4.78 is 0. The van der Waals surface area contributed by atoms with Crippen molar-refractivity contribution in [2.75, 3.05) is 4.90 Å². The minimum Gasteiger partial charge on any atom is -0.309 e. The van der Waals surface area contributed by atoms with E-state index in [4.69, 9.17) is 0 Å². The van der Waals surface area contributed by atoms with Crippen LogP contribution in [0.2, 0.25) is 0 Å². The van der Waals surface area contributed by atoms with E-state index in [0.29, 0.717) is 0 Å². The summed E-state index contributed by atoms with van der Waals surface area (Å²) in [4.78, 5) is 2.51. The Morgan fingerprint density at radius 1 is 0.377 bits per heavy atom. The Kier molecular flexibility index (Phi) is 6.94. The maximum absolute atomic E-state index is 2.51. The molecule has 0 amide bonds. The second-order valence-corrected chi connectivity index (χ2v) is 15.7. The van der Waals surface area contributed by atoms with Crippen LogP contribution in [0.25, 0.3) is 55.3 Å². The van der Waals surface area contributed by atoms with Gasteiger partial charge in [-0.05, 0) is 96.7 Å². The third kappa shape index (κ3) is 4.70. The fourth-order valence-corrected chi connectivity index (χ4v) is 9.45. The molecule has 254 valence electrons. The Balaban J connectivity index is 1.20. The third-order valence-electron chi connectivity index (χ3n) is 12.0. The number of benzene rings is 8. The first-order valence-corrected chi connectivity index (χ1v) is 18.8. The molecule has 2 aliphatic carbocycles. The number of para-hydroxylation sites is 1. The van der Waals surface area contributed by atoms with Gasteiger partial charge in [0.05, 0.1) is 11.4 Å². The van der Waals surface area contributed by atoms with Crippen LogP contribution in [0.3, 0.4) is 0 Å². The van der Waals surface area contributed by atoms with Crippen LogP contribution in [0.5, 0.6) is 0 Å². The molecule has 1 heteroatoms. The van der Waals surface area contributed by atoms with Crippen molar-refractivity contribution >= 4 is 27.8 Å². The van der Waals surface area contributed by atoms with E-state index in [1.807, 2.05) is 0 Å². The first-order chi connectivity index (χ1) is 25.8. The highest BCUT2D eigenvalue weighted by Crippen LogP contribution is 2.57. The molecule has 0 spiro atoms. The highest BCUT2D eigenvalue weighted by molar-refractivity contribution is 6.07. The number of rotatable bonds is 5. The minimum atomic E-state index is -0.156. The first kappa shape index (κ1) is 31.5. The van der Waals surface area contributed by atoms with E-state index in [0.717, 1.165) is 11.4 Å². The van der Waals surface area contributed by atoms with Crippen molar-refractivity contribution in [3.05, 3.63) is 198 Å². The fourth-order valence-electron chi connectivity index (χ4n) is 9.45. The molecule has 0 radical (unpaired) electrons. The molecule has 0 unspecified atom stereocenters. The monoisotopic (exact) mass is 679 g/mol. The van der Waals surface area contributed by atoms with Gasteiger partial charge >= 0.3 is 0 Å². The lowest BCUT2D eigenvalue weighted by Crippen LogP contribution is -2.17. The Hall–Kier alpha value is -6.18. The van der Waals surface area contributed by atoms with E-state index in [2.05, 4.69) is 209 Å². The maximum atomic E-state index is 2.51. The van der Waals surface area contributed by atoms with Gasteiger partial charge in [-0.15, -0.1) is 0 Å². The molecule has 0 atom stereocenters. The molecule has 2 aliphatic rings. The van der Waals surface area contributed by atoms with Crippen molar-refractivity contribution in [3.63, 3.8) is 0 Å². The van der Waals surface area contributed by atoms with Gasteiger partial charge in [0, 0.05) is 27.6 Å². The van der Waals surface area contributed by atoms with E-state index in [1.165, 1.54) is 83.2 Å². The molecule has 8 aromatic carbocycles. The van der Waals surface area contributed by atoms with Crippen molar-refractivity contribution in [3.8, 4) is 44.5 Å². The number of anilines is 3. The summed E-state index contributed by atoms with van der Waals surface area (Å²) in [5, 5.41) is 2.57. The topological polar surface area (TPSA) is 3.24 Å². The average Bonchev–Trinajstić information content (AvgIpc) is 3.59. The lowest BCUT2D eigenvalue weighted by molar-refractivity contribution is 0.660. The van der Waals surface area contributed by atoms with Crippen LogP contribution in [0, 0.1) is 0 Å². The summed E-state index contributed by atoms with van der Waals surface area (Å²) in [6.45, 7) is 9.47. The van der Waals surface area contributed by atoms with Crippen LogP contribution >= 0.6 is 0 Å². The predicted octanol–water partition coefficient (Wildman–Crippen LogP) is 14.3. The molecule has 1 nitrogen and oxygen atoms in total. The predicted molar refractivity (Wildman–Crippen MR) is 225 cm³/mol. The van der Waals surface area contributed by atoms with Crippen LogP contribution in [-0.4, -0.2) is 0 Å². The Bertz CT molecular complexity index is 2710.